The molecule has 3 aromatic heterocycles. The van der Waals surface area contributed by atoms with E-state index in [4.69, 9.17) is 24.7 Å². The Labute approximate surface area is 190 Å². The minimum absolute atomic E-state index is 0.00750. The van der Waals surface area contributed by atoms with Crippen molar-refractivity contribution < 1.29 is 13.5 Å². The SMILES string of the molecule is Cc1nc2nc(N3CCO[C@@H](c4cnn(C)c4)C3)nc(C3CC4(C3)CC(F)(F)C4)c2nc1C. The first kappa shape index (κ1) is 20.8. The first-order valence-corrected chi connectivity index (χ1v) is 11.5. The molecule has 1 atom stereocenters. The van der Waals surface area contributed by atoms with Crippen LogP contribution in [-0.4, -0.2) is 55.3 Å². The van der Waals surface area contributed by atoms with E-state index in [2.05, 4.69) is 10.00 Å². The van der Waals surface area contributed by atoms with E-state index in [9.17, 15) is 8.78 Å². The second-order valence-electron chi connectivity index (χ2n) is 10.0. The average molecular weight is 456 g/mol. The zero-order chi connectivity index (χ0) is 23.0. The molecular formula is C23H27F2N7O. The quantitative estimate of drug-likeness (QED) is 0.596. The number of aromatic nitrogens is 6. The molecule has 0 amide bonds. The minimum Gasteiger partial charge on any atom is -0.370 e. The van der Waals surface area contributed by atoms with Gasteiger partial charge in [-0.1, -0.05) is 0 Å². The molecule has 0 aromatic carbocycles. The number of rotatable bonds is 3. The number of halogens is 2. The lowest BCUT2D eigenvalue weighted by molar-refractivity contribution is -0.196. The van der Waals surface area contributed by atoms with Crippen molar-refractivity contribution in [3.05, 3.63) is 35.0 Å². The summed E-state index contributed by atoms with van der Waals surface area (Å²) < 4.78 is 34.8. The van der Waals surface area contributed by atoms with Gasteiger partial charge in [0.15, 0.2) is 5.65 Å². The number of anilines is 1. The third kappa shape index (κ3) is 3.55. The maximum atomic E-state index is 13.5. The molecule has 6 rings (SSSR count). The molecule has 2 aliphatic carbocycles. The van der Waals surface area contributed by atoms with Crippen molar-refractivity contribution in [2.45, 2.75) is 57.5 Å². The minimum atomic E-state index is -2.51. The predicted octanol–water partition coefficient (Wildman–Crippen LogP) is 3.64. The molecular weight excluding hydrogens is 428 g/mol. The van der Waals surface area contributed by atoms with Crippen molar-refractivity contribution >= 4 is 17.1 Å². The predicted molar refractivity (Wildman–Crippen MR) is 117 cm³/mol. The van der Waals surface area contributed by atoms with Gasteiger partial charge in [-0.05, 0) is 32.1 Å². The first-order chi connectivity index (χ1) is 15.7. The molecule has 1 aliphatic heterocycles. The highest BCUT2D eigenvalue weighted by Gasteiger charge is 2.62. The van der Waals surface area contributed by atoms with Gasteiger partial charge >= 0.3 is 0 Å². The fourth-order valence-corrected chi connectivity index (χ4v) is 5.70. The van der Waals surface area contributed by atoms with Crippen LogP contribution in [0.1, 0.15) is 60.4 Å². The smallest absolute Gasteiger partial charge is 0.249 e. The largest absolute Gasteiger partial charge is 0.370 e. The molecule has 174 valence electrons. The van der Waals surface area contributed by atoms with E-state index in [1.54, 1.807) is 4.68 Å². The summed E-state index contributed by atoms with van der Waals surface area (Å²) in [4.78, 5) is 21.3. The van der Waals surface area contributed by atoms with E-state index in [1.807, 2.05) is 33.3 Å². The van der Waals surface area contributed by atoms with E-state index in [1.165, 1.54) is 0 Å². The van der Waals surface area contributed by atoms with E-state index in [0.717, 1.165) is 35.5 Å². The summed E-state index contributed by atoms with van der Waals surface area (Å²) in [6.45, 7) is 5.67. The Morgan fingerprint density at radius 2 is 1.82 bits per heavy atom. The van der Waals surface area contributed by atoms with Gasteiger partial charge in [0.25, 0.3) is 0 Å². The van der Waals surface area contributed by atoms with Gasteiger partial charge in [-0.2, -0.15) is 10.1 Å². The van der Waals surface area contributed by atoms with Crippen molar-refractivity contribution in [3.8, 4) is 0 Å². The summed E-state index contributed by atoms with van der Waals surface area (Å²) in [5.74, 6) is -1.80. The summed E-state index contributed by atoms with van der Waals surface area (Å²) in [5.41, 5.74) is 4.57. The lowest BCUT2D eigenvalue weighted by Crippen LogP contribution is -2.53. The fourth-order valence-electron chi connectivity index (χ4n) is 5.70. The molecule has 0 bridgehead atoms. The summed E-state index contributed by atoms with van der Waals surface area (Å²) in [7, 11) is 1.88. The highest BCUT2D eigenvalue weighted by molar-refractivity contribution is 5.75. The molecule has 3 fully saturated rings. The summed E-state index contributed by atoms with van der Waals surface area (Å²) in [6, 6.07) is 0. The van der Waals surface area contributed by atoms with Gasteiger partial charge in [0.05, 0.1) is 36.4 Å². The molecule has 0 radical (unpaired) electrons. The van der Waals surface area contributed by atoms with E-state index >= 15 is 0 Å². The fraction of sp³-hybridized carbons (Fsp3) is 0.609. The van der Waals surface area contributed by atoms with Crippen molar-refractivity contribution in [2.24, 2.45) is 12.5 Å². The van der Waals surface area contributed by atoms with Crippen molar-refractivity contribution in [3.63, 3.8) is 0 Å². The molecule has 1 saturated heterocycles. The number of nitrogens with zero attached hydrogens (tertiary/aromatic N) is 7. The van der Waals surface area contributed by atoms with Gasteiger partial charge < -0.3 is 9.64 Å². The maximum Gasteiger partial charge on any atom is 0.249 e. The number of aryl methyl sites for hydroxylation is 3. The van der Waals surface area contributed by atoms with Crippen LogP contribution in [-0.2, 0) is 11.8 Å². The molecule has 0 unspecified atom stereocenters. The Bertz CT molecular complexity index is 1230. The molecule has 33 heavy (non-hydrogen) atoms. The van der Waals surface area contributed by atoms with Crippen LogP contribution in [0, 0.1) is 19.3 Å². The van der Waals surface area contributed by atoms with Gasteiger partial charge in [-0.25, -0.2) is 23.7 Å². The summed E-state index contributed by atoms with van der Waals surface area (Å²) in [5, 5.41) is 4.26. The van der Waals surface area contributed by atoms with Crippen LogP contribution in [0.5, 0.6) is 0 Å². The maximum absolute atomic E-state index is 13.5. The van der Waals surface area contributed by atoms with Crippen LogP contribution in [0.3, 0.4) is 0 Å². The van der Waals surface area contributed by atoms with Gasteiger partial charge in [-0.15, -0.1) is 0 Å². The van der Waals surface area contributed by atoms with Gasteiger partial charge in [0.1, 0.15) is 11.6 Å². The number of alkyl halides is 2. The normalized spacial score (nSPS) is 24.2. The van der Waals surface area contributed by atoms with Crippen LogP contribution in [0.4, 0.5) is 14.7 Å². The van der Waals surface area contributed by atoms with Crippen LogP contribution in [0.2, 0.25) is 0 Å². The second kappa shape index (κ2) is 7.12. The zero-order valence-electron chi connectivity index (χ0n) is 19.1. The number of ether oxygens (including phenoxy) is 1. The van der Waals surface area contributed by atoms with Crippen molar-refractivity contribution in [1.82, 2.24) is 29.7 Å². The number of hydrogen-bond donors (Lipinski definition) is 0. The Morgan fingerprint density at radius 1 is 1.06 bits per heavy atom. The van der Waals surface area contributed by atoms with E-state index in [-0.39, 0.29) is 30.3 Å². The van der Waals surface area contributed by atoms with Gasteiger partial charge in [-0.3, -0.25) is 4.68 Å². The van der Waals surface area contributed by atoms with Gasteiger partial charge in [0, 0.05) is 44.1 Å². The highest BCUT2D eigenvalue weighted by atomic mass is 19.3. The third-order valence-corrected chi connectivity index (χ3v) is 7.42. The van der Waals surface area contributed by atoms with Gasteiger partial charge in [0.2, 0.25) is 11.9 Å². The van der Waals surface area contributed by atoms with Crippen LogP contribution >= 0.6 is 0 Å². The van der Waals surface area contributed by atoms with Crippen LogP contribution < -0.4 is 4.90 Å². The Balaban J connectivity index is 1.34. The number of hydrogen-bond acceptors (Lipinski definition) is 7. The highest BCUT2D eigenvalue weighted by Crippen LogP contribution is 2.67. The molecule has 8 nitrogen and oxygen atoms in total. The van der Waals surface area contributed by atoms with Crippen LogP contribution in [0.25, 0.3) is 11.2 Å². The lowest BCUT2D eigenvalue weighted by Gasteiger charge is -2.57. The molecule has 4 heterocycles. The van der Waals surface area contributed by atoms with Crippen molar-refractivity contribution in [2.75, 3.05) is 24.6 Å². The number of fused-ring (bicyclic) bond motifs is 1. The molecule has 2 saturated carbocycles. The summed E-state index contributed by atoms with van der Waals surface area (Å²) in [6.07, 6.45) is 5.10. The third-order valence-electron chi connectivity index (χ3n) is 7.42. The molecule has 1 spiro atoms. The van der Waals surface area contributed by atoms with Crippen LogP contribution in [0.15, 0.2) is 12.4 Å². The van der Waals surface area contributed by atoms with Crippen molar-refractivity contribution in [1.29, 1.82) is 0 Å². The number of morpholine rings is 1. The Kier molecular flexibility index (Phi) is 4.50. The monoisotopic (exact) mass is 455 g/mol. The molecule has 10 heteroatoms. The summed E-state index contributed by atoms with van der Waals surface area (Å²) >= 11 is 0. The average Bonchev–Trinajstić information content (AvgIpc) is 3.17. The lowest BCUT2D eigenvalue weighted by atomic mass is 9.49. The Hall–Kier alpha value is -2.75. The standard InChI is InChI=1S/C23H27F2N7O/c1-13-14(2)28-20-19(27-13)18(15-6-22(7-15)11-23(24,25)12-22)29-21(30-20)32-4-5-33-17(10-32)16-8-26-31(3)9-16/h8-9,15,17H,4-7,10-12H2,1-3H3/t17-/m1/s1. The first-order valence-electron chi connectivity index (χ1n) is 11.5. The molecule has 0 N–H and O–H groups in total. The molecule has 3 aromatic rings. The molecule has 3 aliphatic rings. The van der Waals surface area contributed by atoms with E-state index in [0.29, 0.717) is 36.8 Å². The Morgan fingerprint density at radius 3 is 2.52 bits per heavy atom. The second-order valence-corrected chi connectivity index (χ2v) is 10.0. The zero-order valence-corrected chi connectivity index (χ0v) is 19.1. The van der Waals surface area contributed by atoms with E-state index < -0.39 is 5.92 Å². The topological polar surface area (TPSA) is 81.9 Å².